The number of nitrogens with zero attached hydrogens (tertiary/aromatic N) is 2. The zero-order chi connectivity index (χ0) is 14.2. The highest BCUT2D eigenvalue weighted by Crippen LogP contribution is 2.23. The monoisotopic (exact) mass is 277 g/mol. The van der Waals surface area contributed by atoms with Crippen LogP contribution in [0.15, 0.2) is 6.07 Å². The Morgan fingerprint density at radius 2 is 2.05 bits per heavy atom. The Morgan fingerprint density at radius 1 is 1.25 bits per heavy atom. The molecule has 1 aliphatic rings. The molecule has 20 heavy (non-hydrogen) atoms. The number of anilines is 1. The lowest BCUT2D eigenvalue weighted by Gasteiger charge is -2.21. The van der Waals surface area contributed by atoms with E-state index in [1.54, 1.807) is 0 Å². The van der Waals surface area contributed by atoms with Crippen molar-refractivity contribution in [3.05, 3.63) is 17.6 Å². The Morgan fingerprint density at radius 3 is 2.80 bits per heavy atom. The minimum atomic E-state index is 0.527. The highest BCUT2D eigenvalue weighted by atomic mass is 16.5. The van der Waals surface area contributed by atoms with E-state index in [2.05, 4.69) is 22.2 Å². The van der Waals surface area contributed by atoms with Crippen LogP contribution in [-0.2, 0) is 11.3 Å². The van der Waals surface area contributed by atoms with E-state index in [0.29, 0.717) is 6.61 Å². The largest absolute Gasteiger partial charge is 0.373 e. The van der Waals surface area contributed by atoms with Crippen molar-refractivity contribution >= 4 is 5.82 Å². The summed E-state index contributed by atoms with van der Waals surface area (Å²) in [6, 6.07) is 1.99. The number of aromatic nitrogens is 2. The Bertz CT molecular complexity index is 403. The van der Waals surface area contributed by atoms with Crippen molar-refractivity contribution in [2.75, 3.05) is 18.5 Å². The lowest BCUT2D eigenvalue weighted by Crippen LogP contribution is -2.14. The SMILES string of the molecule is CCCNc1cc(C)nc(COCC2CCCCC2)n1. The van der Waals surface area contributed by atoms with Gasteiger partial charge in [0.25, 0.3) is 0 Å². The van der Waals surface area contributed by atoms with Gasteiger partial charge in [-0.25, -0.2) is 9.97 Å². The average molecular weight is 277 g/mol. The summed E-state index contributed by atoms with van der Waals surface area (Å²) in [5.41, 5.74) is 0.995. The van der Waals surface area contributed by atoms with Crippen LogP contribution in [0.1, 0.15) is 57.0 Å². The van der Waals surface area contributed by atoms with Crippen molar-refractivity contribution in [2.45, 2.75) is 59.0 Å². The molecule has 4 nitrogen and oxygen atoms in total. The molecule has 4 heteroatoms. The molecule has 0 unspecified atom stereocenters. The van der Waals surface area contributed by atoms with Gasteiger partial charge in [-0.1, -0.05) is 26.2 Å². The quantitative estimate of drug-likeness (QED) is 0.825. The number of nitrogens with one attached hydrogen (secondary N) is 1. The summed E-state index contributed by atoms with van der Waals surface area (Å²) in [6.45, 7) is 6.48. The minimum absolute atomic E-state index is 0.527. The van der Waals surface area contributed by atoms with Crippen LogP contribution in [0.2, 0.25) is 0 Å². The molecule has 0 bridgehead atoms. The number of aryl methyl sites for hydroxylation is 1. The van der Waals surface area contributed by atoms with Gasteiger partial charge in [0.2, 0.25) is 0 Å². The number of rotatable bonds is 7. The second-order valence-electron chi connectivity index (χ2n) is 5.76. The van der Waals surface area contributed by atoms with Crippen molar-refractivity contribution in [1.82, 2.24) is 9.97 Å². The van der Waals surface area contributed by atoms with Crippen molar-refractivity contribution in [1.29, 1.82) is 0 Å². The van der Waals surface area contributed by atoms with E-state index in [1.807, 2.05) is 13.0 Å². The minimum Gasteiger partial charge on any atom is -0.373 e. The molecule has 1 saturated carbocycles. The first-order valence-electron chi connectivity index (χ1n) is 7.94. The maximum atomic E-state index is 5.82. The van der Waals surface area contributed by atoms with Crippen molar-refractivity contribution in [3.8, 4) is 0 Å². The fraction of sp³-hybridized carbons (Fsp3) is 0.750. The van der Waals surface area contributed by atoms with Gasteiger partial charge in [-0.3, -0.25) is 0 Å². The normalized spacial score (nSPS) is 16.3. The highest BCUT2D eigenvalue weighted by molar-refractivity contribution is 5.35. The lowest BCUT2D eigenvalue weighted by atomic mass is 9.90. The zero-order valence-electron chi connectivity index (χ0n) is 12.8. The van der Waals surface area contributed by atoms with E-state index in [-0.39, 0.29) is 0 Å². The molecule has 0 amide bonds. The summed E-state index contributed by atoms with van der Waals surface area (Å²) in [4.78, 5) is 8.95. The molecule has 0 radical (unpaired) electrons. The van der Waals surface area contributed by atoms with Gasteiger partial charge in [-0.15, -0.1) is 0 Å². The van der Waals surface area contributed by atoms with E-state index in [4.69, 9.17) is 4.74 Å². The van der Waals surface area contributed by atoms with Gasteiger partial charge in [0.1, 0.15) is 12.4 Å². The Hall–Kier alpha value is -1.16. The number of hydrogen-bond acceptors (Lipinski definition) is 4. The van der Waals surface area contributed by atoms with Crippen molar-refractivity contribution < 1.29 is 4.74 Å². The number of hydrogen-bond donors (Lipinski definition) is 1. The molecule has 1 aromatic rings. The van der Waals surface area contributed by atoms with Crippen LogP contribution >= 0.6 is 0 Å². The van der Waals surface area contributed by atoms with Gasteiger partial charge in [0.05, 0.1) is 0 Å². The zero-order valence-corrected chi connectivity index (χ0v) is 12.8. The van der Waals surface area contributed by atoms with Gasteiger partial charge >= 0.3 is 0 Å². The Kier molecular flexibility index (Phi) is 6.25. The first kappa shape index (κ1) is 15.2. The lowest BCUT2D eigenvalue weighted by molar-refractivity contribution is 0.0699. The standard InChI is InChI=1S/C16H27N3O/c1-3-9-17-15-10-13(2)18-16(19-15)12-20-11-14-7-5-4-6-8-14/h10,14H,3-9,11-12H2,1-2H3,(H,17,18,19). The fourth-order valence-corrected chi connectivity index (χ4v) is 2.71. The number of ether oxygens (including phenoxy) is 1. The summed E-state index contributed by atoms with van der Waals surface area (Å²) in [6.07, 6.45) is 7.84. The molecule has 1 N–H and O–H groups in total. The third-order valence-electron chi connectivity index (χ3n) is 3.77. The summed E-state index contributed by atoms with van der Waals surface area (Å²) in [7, 11) is 0. The van der Waals surface area contributed by atoms with Gasteiger partial charge < -0.3 is 10.1 Å². The van der Waals surface area contributed by atoms with Crippen LogP contribution < -0.4 is 5.32 Å². The second-order valence-corrected chi connectivity index (χ2v) is 5.76. The predicted molar refractivity (Wildman–Crippen MR) is 81.8 cm³/mol. The molecule has 0 saturated heterocycles. The second kappa shape index (κ2) is 8.20. The Balaban J connectivity index is 1.80. The summed E-state index contributed by atoms with van der Waals surface area (Å²) in [5, 5.41) is 3.31. The average Bonchev–Trinajstić information content (AvgIpc) is 2.46. The van der Waals surface area contributed by atoms with Crippen LogP contribution in [0.5, 0.6) is 0 Å². The summed E-state index contributed by atoms with van der Waals surface area (Å²) < 4.78 is 5.82. The van der Waals surface area contributed by atoms with Crippen LogP contribution in [0.25, 0.3) is 0 Å². The smallest absolute Gasteiger partial charge is 0.156 e. The third-order valence-corrected chi connectivity index (χ3v) is 3.77. The van der Waals surface area contributed by atoms with Crippen molar-refractivity contribution in [2.24, 2.45) is 5.92 Å². The summed E-state index contributed by atoms with van der Waals surface area (Å²) >= 11 is 0. The maximum absolute atomic E-state index is 5.82. The van der Waals surface area contributed by atoms with Gasteiger partial charge in [0, 0.05) is 24.9 Å². The van der Waals surface area contributed by atoms with Gasteiger partial charge in [0.15, 0.2) is 5.82 Å². The van der Waals surface area contributed by atoms with E-state index >= 15 is 0 Å². The molecule has 0 aliphatic heterocycles. The van der Waals surface area contributed by atoms with Crippen LogP contribution in [0.3, 0.4) is 0 Å². The molecule has 1 heterocycles. The van der Waals surface area contributed by atoms with E-state index in [1.165, 1.54) is 32.1 Å². The fourth-order valence-electron chi connectivity index (χ4n) is 2.71. The van der Waals surface area contributed by atoms with Gasteiger partial charge in [-0.05, 0) is 32.1 Å². The molecule has 2 rings (SSSR count). The highest BCUT2D eigenvalue weighted by Gasteiger charge is 2.13. The first-order valence-corrected chi connectivity index (χ1v) is 7.94. The van der Waals surface area contributed by atoms with Crippen molar-refractivity contribution in [3.63, 3.8) is 0 Å². The molecule has 112 valence electrons. The molecular weight excluding hydrogens is 250 g/mol. The van der Waals surface area contributed by atoms with Gasteiger partial charge in [-0.2, -0.15) is 0 Å². The molecule has 1 fully saturated rings. The molecule has 1 aliphatic carbocycles. The van der Waals surface area contributed by atoms with E-state index < -0.39 is 0 Å². The Labute approximate surface area is 122 Å². The molecular formula is C16H27N3O. The third kappa shape index (κ3) is 5.08. The molecule has 0 spiro atoms. The molecule has 0 atom stereocenters. The molecule has 0 aromatic carbocycles. The van der Waals surface area contributed by atoms with Crippen LogP contribution in [0, 0.1) is 12.8 Å². The van der Waals surface area contributed by atoms with Crippen LogP contribution in [-0.4, -0.2) is 23.1 Å². The van der Waals surface area contributed by atoms with E-state index in [0.717, 1.165) is 42.8 Å². The first-order chi connectivity index (χ1) is 9.78. The van der Waals surface area contributed by atoms with Crippen LogP contribution in [0.4, 0.5) is 5.82 Å². The summed E-state index contributed by atoms with van der Waals surface area (Å²) in [5.74, 6) is 2.45. The maximum Gasteiger partial charge on any atom is 0.156 e. The van der Waals surface area contributed by atoms with E-state index in [9.17, 15) is 0 Å². The molecule has 1 aromatic heterocycles. The predicted octanol–water partition coefficient (Wildman–Crippen LogP) is 3.70. The topological polar surface area (TPSA) is 47.0 Å².